The summed E-state index contributed by atoms with van der Waals surface area (Å²) in [5, 5.41) is 7.18. The van der Waals surface area contributed by atoms with Crippen molar-refractivity contribution in [3.63, 3.8) is 0 Å². The molecule has 16 heavy (non-hydrogen) atoms. The van der Waals surface area contributed by atoms with Crippen LogP contribution in [0.3, 0.4) is 0 Å². The highest BCUT2D eigenvalue weighted by molar-refractivity contribution is 5.78. The van der Waals surface area contributed by atoms with Gasteiger partial charge in [-0.25, -0.2) is 0 Å². The van der Waals surface area contributed by atoms with Gasteiger partial charge in [-0.15, -0.1) is 0 Å². The van der Waals surface area contributed by atoms with Gasteiger partial charge in [-0.3, -0.25) is 9.48 Å². The lowest BCUT2D eigenvalue weighted by Crippen LogP contribution is -2.40. The Morgan fingerprint density at radius 3 is 2.88 bits per heavy atom. The van der Waals surface area contributed by atoms with Crippen LogP contribution in [0.25, 0.3) is 0 Å². The fourth-order valence-corrected chi connectivity index (χ4v) is 1.23. The molecule has 0 aromatic carbocycles. The molecule has 0 saturated heterocycles. The zero-order valence-corrected chi connectivity index (χ0v) is 10.2. The number of nitrogens with one attached hydrogen (secondary N) is 1. The first kappa shape index (κ1) is 12.7. The molecule has 0 aliphatic heterocycles. The van der Waals surface area contributed by atoms with E-state index in [9.17, 15) is 4.79 Å². The minimum atomic E-state index is 0.121. The number of carbonyl (C=O) groups is 1. The summed E-state index contributed by atoms with van der Waals surface area (Å²) in [6.07, 6.45) is 3.65. The third-order valence-corrected chi connectivity index (χ3v) is 2.52. The Hall–Kier alpha value is -1.36. The third kappa shape index (κ3) is 4.02. The Morgan fingerprint density at radius 2 is 2.31 bits per heavy atom. The maximum absolute atomic E-state index is 11.6. The zero-order valence-electron chi connectivity index (χ0n) is 10.2. The quantitative estimate of drug-likeness (QED) is 0.709. The van der Waals surface area contributed by atoms with E-state index in [0.717, 1.165) is 13.1 Å². The lowest BCUT2D eigenvalue weighted by atomic mass is 10.3. The minimum absolute atomic E-state index is 0.121. The number of nitrogens with zero attached hydrogens (tertiary/aromatic N) is 3. The van der Waals surface area contributed by atoms with Gasteiger partial charge in [0.05, 0.1) is 13.1 Å². The molecular weight excluding hydrogens is 204 g/mol. The molecule has 1 amide bonds. The fourth-order valence-electron chi connectivity index (χ4n) is 1.23. The Labute approximate surface area is 96.4 Å². The van der Waals surface area contributed by atoms with Gasteiger partial charge in [0.1, 0.15) is 0 Å². The van der Waals surface area contributed by atoms with Crippen molar-refractivity contribution in [2.45, 2.75) is 26.4 Å². The predicted molar refractivity (Wildman–Crippen MR) is 63.0 cm³/mol. The van der Waals surface area contributed by atoms with Crippen molar-refractivity contribution in [3.05, 3.63) is 18.5 Å². The van der Waals surface area contributed by atoms with Crippen LogP contribution in [0.1, 0.15) is 13.8 Å². The van der Waals surface area contributed by atoms with Crippen LogP contribution in [0.15, 0.2) is 18.5 Å². The highest BCUT2D eigenvalue weighted by atomic mass is 16.2. The summed E-state index contributed by atoms with van der Waals surface area (Å²) >= 11 is 0. The molecule has 0 aliphatic carbocycles. The van der Waals surface area contributed by atoms with E-state index in [1.807, 2.05) is 37.8 Å². The zero-order chi connectivity index (χ0) is 12.0. The molecule has 0 bridgehead atoms. The number of hydrogen-bond acceptors (Lipinski definition) is 3. The molecule has 0 saturated carbocycles. The smallest absolute Gasteiger partial charge is 0.236 e. The lowest BCUT2D eigenvalue weighted by molar-refractivity contribution is -0.130. The second-order valence-electron chi connectivity index (χ2n) is 4.04. The van der Waals surface area contributed by atoms with E-state index >= 15 is 0 Å². The summed E-state index contributed by atoms with van der Waals surface area (Å²) in [6.45, 7) is 5.92. The maximum Gasteiger partial charge on any atom is 0.236 e. The van der Waals surface area contributed by atoms with Gasteiger partial charge in [-0.05, 0) is 19.9 Å². The average Bonchev–Trinajstić information content (AvgIpc) is 2.75. The standard InChI is InChI=1S/C11H20N4O/c1-10(2)14(3)11(16)9-12-6-8-15-7-4-5-13-15/h4-5,7,10,12H,6,8-9H2,1-3H3. The molecule has 1 heterocycles. The molecule has 5 nitrogen and oxygen atoms in total. The number of aromatic nitrogens is 2. The molecule has 0 atom stereocenters. The predicted octanol–water partition coefficient (Wildman–Crippen LogP) is 0.340. The van der Waals surface area contributed by atoms with Crippen molar-refractivity contribution in [1.82, 2.24) is 20.0 Å². The first-order chi connectivity index (χ1) is 7.61. The summed E-state index contributed by atoms with van der Waals surface area (Å²) < 4.78 is 1.84. The summed E-state index contributed by atoms with van der Waals surface area (Å²) in [4.78, 5) is 13.3. The largest absolute Gasteiger partial charge is 0.342 e. The first-order valence-electron chi connectivity index (χ1n) is 5.55. The number of amides is 1. The van der Waals surface area contributed by atoms with Gasteiger partial charge in [0.25, 0.3) is 0 Å². The van der Waals surface area contributed by atoms with E-state index in [1.165, 1.54) is 0 Å². The third-order valence-electron chi connectivity index (χ3n) is 2.52. The van der Waals surface area contributed by atoms with Crippen LogP contribution in [-0.4, -0.2) is 46.8 Å². The van der Waals surface area contributed by atoms with Crippen molar-refractivity contribution in [3.8, 4) is 0 Å². The molecule has 0 unspecified atom stereocenters. The molecule has 1 aromatic rings. The van der Waals surface area contributed by atoms with Gasteiger partial charge < -0.3 is 10.2 Å². The minimum Gasteiger partial charge on any atom is -0.342 e. The van der Waals surface area contributed by atoms with E-state index in [-0.39, 0.29) is 11.9 Å². The summed E-state index contributed by atoms with van der Waals surface area (Å²) in [6, 6.07) is 2.14. The van der Waals surface area contributed by atoms with Crippen LogP contribution in [0.4, 0.5) is 0 Å². The van der Waals surface area contributed by atoms with Crippen LogP contribution in [0.2, 0.25) is 0 Å². The molecule has 1 N–H and O–H groups in total. The number of rotatable bonds is 6. The van der Waals surface area contributed by atoms with E-state index in [1.54, 1.807) is 11.1 Å². The first-order valence-corrected chi connectivity index (χ1v) is 5.55. The summed E-state index contributed by atoms with van der Waals surface area (Å²) in [5.41, 5.74) is 0. The van der Waals surface area contributed by atoms with Gasteiger partial charge in [0, 0.05) is 32.0 Å². The SMILES string of the molecule is CC(C)N(C)C(=O)CNCCn1cccn1. The molecule has 1 aromatic heterocycles. The van der Waals surface area contributed by atoms with Crippen LogP contribution in [0.5, 0.6) is 0 Å². The molecule has 0 spiro atoms. The molecule has 1 rings (SSSR count). The highest BCUT2D eigenvalue weighted by Gasteiger charge is 2.10. The molecular formula is C11H20N4O. The van der Waals surface area contributed by atoms with Gasteiger partial charge in [0.15, 0.2) is 0 Å². The number of likely N-dealkylation sites (N-methyl/N-ethyl adjacent to an activating group) is 1. The van der Waals surface area contributed by atoms with Crippen LogP contribution in [-0.2, 0) is 11.3 Å². The number of hydrogen-bond donors (Lipinski definition) is 1. The van der Waals surface area contributed by atoms with Crippen molar-refractivity contribution in [1.29, 1.82) is 0 Å². The molecule has 0 fully saturated rings. The molecule has 90 valence electrons. The van der Waals surface area contributed by atoms with Crippen LogP contribution < -0.4 is 5.32 Å². The molecule has 0 radical (unpaired) electrons. The van der Waals surface area contributed by atoms with E-state index in [4.69, 9.17) is 0 Å². The van der Waals surface area contributed by atoms with E-state index in [2.05, 4.69) is 10.4 Å². The van der Waals surface area contributed by atoms with Gasteiger partial charge in [-0.2, -0.15) is 5.10 Å². The Morgan fingerprint density at radius 1 is 1.56 bits per heavy atom. The van der Waals surface area contributed by atoms with Crippen molar-refractivity contribution in [2.24, 2.45) is 0 Å². The summed E-state index contributed by atoms with van der Waals surface area (Å²) in [5.74, 6) is 0.121. The maximum atomic E-state index is 11.6. The van der Waals surface area contributed by atoms with Gasteiger partial charge in [-0.1, -0.05) is 0 Å². The van der Waals surface area contributed by atoms with Gasteiger partial charge >= 0.3 is 0 Å². The second kappa shape index (κ2) is 6.27. The number of carbonyl (C=O) groups excluding carboxylic acids is 1. The lowest BCUT2D eigenvalue weighted by Gasteiger charge is -2.21. The highest BCUT2D eigenvalue weighted by Crippen LogP contribution is 1.92. The van der Waals surface area contributed by atoms with Gasteiger partial charge in [0.2, 0.25) is 5.91 Å². The normalized spacial score (nSPS) is 10.8. The van der Waals surface area contributed by atoms with E-state index < -0.39 is 0 Å². The topological polar surface area (TPSA) is 50.2 Å². The van der Waals surface area contributed by atoms with Crippen LogP contribution in [0, 0.1) is 0 Å². The van der Waals surface area contributed by atoms with Crippen LogP contribution >= 0.6 is 0 Å². The van der Waals surface area contributed by atoms with Crippen molar-refractivity contribution < 1.29 is 4.79 Å². The fraction of sp³-hybridized carbons (Fsp3) is 0.636. The average molecular weight is 224 g/mol. The summed E-state index contributed by atoms with van der Waals surface area (Å²) in [7, 11) is 1.82. The molecule has 5 heteroatoms. The second-order valence-corrected chi connectivity index (χ2v) is 4.04. The van der Waals surface area contributed by atoms with Crippen molar-refractivity contribution >= 4 is 5.91 Å². The Kier molecular flexibility index (Phi) is 4.98. The Balaban J connectivity index is 2.13. The molecule has 0 aliphatic rings. The van der Waals surface area contributed by atoms with E-state index in [0.29, 0.717) is 6.54 Å². The monoisotopic (exact) mass is 224 g/mol. The van der Waals surface area contributed by atoms with Crippen molar-refractivity contribution in [2.75, 3.05) is 20.1 Å². The Bertz CT molecular complexity index is 308.